The molecule has 1 aromatic heterocycles. The molecule has 1 N–H and O–H groups in total. The summed E-state index contributed by atoms with van der Waals surface area (Å²) in [5.41, 5.74) is 0.374. The van der Waals surface area contributed by atoms with Crippen molar-refractivity contribution in [3.8, 4) is 0 Å². The molecule has 2 nitrogen and oxygen atoms in total. The molecule has 1 amide bonds. The van der Waals surface area contributed by atoms with Crippen LogP contribution in [-0.2, 0) is 0 Å². The first kappa shape index (κ1) is 14.4. The van der Waals surface area contributed by atoms with Crippen molar-refractivity contribution in [1.82, 2.24) is 5.32 Å². The minimum Gasteiger partial charge on any atom is -0.345 e. The van der Waals surface area contributed by atoms with Crippen LogP contribution in [0.4, 0.5) is 8.78 Å². The van der Waals surface area contributed by atoms with Crippen molar-refractivity contribution in [3.05, 3.63) is 55.3 Å². The summed E-state index contributed by atoms with van der Waals surface area (Å²) in [5.74, 6) is -1.66. The minimum absolute atomic E-state index is 0.124. The molecule has 0 saturated heterocycles. The second-order valence-electron chi connectivity index (χ2n) is 3.97. The molecule has 0 aliphatic rings. The van der Waals surface area contributed by atoms with Gasteiger partial charge in [-0.3, -0.25) is 4.79 Å². The van der Waals surface area contributed by atoms with Gasteiger partial charge in [-0.2, -0.15) is 0 Å². The Morgan fingerprint density at radius 3 is 2.53 bits per heavy atom. The fourth-order valence-corrected chi connectivity index (χ4v) is 3.03. The van der Waals surface area contributed by atoms with Crippen molar-refractivity contribution in [2.75, 3.05) is 0 Å². The summed E-state index contributed by atoms with van der Waals surface area (Å²) < 4.78 is 28.1. The Morgan fingerprint density at radius 2 is 2.00 bits per heavy atom. The lowest BCUT2D eigenvalue weighted by Crippen LogP contribution is -2.27. The highest BCUT2D eigenvalue weighted by Crippen LogP contribution is 2.22. The third kappa shape index (κ3) is 3.30. The average Bonchev–Trinajstić information content (AvgIpc) is 2.75. The van der Waals surface area contributed by atoms with Crippen molar-refractivity contribution < 1.29 is 13.6 Å². The van der Waals surface area contributed by atoms with Crippen LogP contribution in [0, 0.1) is 14.5 Å². The molecule has 0 bridgehead atoms. The van der Waals surface area contributed by atoms with E-state index >= 15 is 0 Å². The summed E-state index contributed by atoms with van der Waals surface area (Å²) >= 11 is 3.55. The highest BCUT2D eigenvalue weighted by molar-refractivity contribution is 14.1. The van der Waals surface area contributed by atoms with Crippen molar-refractivity contribution in [1.29, 1.82) is 0 Å². The third-order valence-electron chi connectivity index (χ3n) is 2.61. The molecule has 2 rings (SSSR count). The monoisotopic (exact) mass is 393 g/mol. The lowest BCUT2D eigenvalue weighted by Gasteiger charge is -2.15. The van der Waals surface area contributed by atoms with E-state index in [1.807, 2.05) is 0 Å². The number of halogens is 3. The Bertz CT molecular complexity index is 594. The Morgan fingerprint density at radius 1 is 1.37 bits per heavy atom. The average molecular weight is 393 g/mol. The maximum Gasteiger partial charge on any atom is 0.252 e. The van der Waals surface area contributed by atoms with Gasteiger partial charge in [0, 0.05) is 10.9 Å². The third-order valence-corrected chi connectivity index (χ3v) is 4.40. The number of carbonyl (C=O) groups is 1. The lowest BCUT2D eigenvalue weighted by molar-refractivity contribution is 0.0939. The largest absolute Gasteiger partial charge is 0.345 e. The first-order valence-corrected chi connectivity index (χ1v) is 7.43. The summed E-state index contributed by atoms with van der Waals surface area (Å²) in [6, 6.07) is 4.64. The zero-order valence-corrected chi connectivity index (χ0v) is 12.9. The molecule has 6 heteroatoms. The van der Waals surface area contributed by atoms with Gasteiger partial charge in [0.25, 0.3) is 5.91 Å². The van der Waals surface area contributed by atoms with Gasteiger partial charge in [-0.15, -0.1) is 11.3 Å². The Kier molecular flexibility index (Phi) is 4.51. The fourth-order valence-electron chi connectivity index (χ4n) is 1.71. The molecule has 0 aliphatic heterocycles. The van der Waals surface area contributed by atoms with Gasteiger partial charge in [0.1, 0.15) is 11.6 Å². The molecule has 1 aromatic carbocycles. The predicted octanol–water partition coefficient (Wildman–Crippen LogP) is 4.12. The molecular weight excluding hydrogens is 383 g/mol. The number of rotatable bonds is 3. The van der Waals surface area contributed by atoms with Crippen LogP contribution in [0.5, 0.6) is 0 Å². The number of amides is 1. The molecule has 0 fully saturated rings. The van der Waals surface area contributed by atoms with Gasteiger partial charge in [0.15, 0.2) is 0 Å². The molecule has 100 valence electrons. The molecule has 1 atom stereocenters. The predicted molar refractivity (Wildman–Crippen MR) is 79.3 cm³/mol. The van der Waals surface area contributed by atoms with Gasteiger partial charge >= 0.3 is 0 Å². The Hall–Kier alpha value is -1.02. The highest BCUT2D eigenvalue weighted by atomic mass is 127. The zero-order chi connectivity index (χ0) is 14.0. The fraction of sp³-hybridized carbons (Fsp3) is 0.154. The maximum absolute atomic E-state index is 13.6. The van der Waals surface area contributed by atoms with E-state index in [1.54, 1.807) is 18.4 Å². The first-order chi connectivity index (χ1) is 8.99. The molecule has 0 radical (unpaired) electrons. The van der Waals surface area contributed by atoms with E-state index in [0.717, 1.165) is 2.88 Å². The first-order valence-electron chi connectivity index (χ1n) is 5.48. The molecule has 1 heterocycles. The van der Waals surface area contributed by atoms with Gasteiger partial charge in [-0.1, -0.05) is 6.07 Å². The van der Waals surface area contributed by atoms with E-state index < -0.39 is 17.7 Å². The number of nitrogens with one attached hydrogen (secondary N) is 1. The van der Waals surface area contributed by atoms with E-state index in [2.05, 4.69) is 27.9 Å². The summed E-state index contributed by atoms with van der Waals surface area (Å²) in [6.07, 6.45) is 0. The highest BCUT2D eigenvalue weighted by Gasteiger charge is 2.18. The van der Waals surface area contributed by atoms with Crippen molar-refractivity contribution in [3.63, 3.8) is 0 Å². The number of benzene rings is 1. The van der Waals surface area contributed by atoms with Crippen LogP contribution in [0.1, 0.15) is 28.9 Å². The number of hydrogen-bond acceptors (Lipinski definition) is 2. The maximum atomic E-state index is 13.6. The van der Waals surface area contributed by atoms with Crippen LogP contribution in [0.2, 0.25) is 0 Å². The zero-order valence-electron chi connectivity index (χ0n) is 9.91. The van der Waals surface area contributed by atoms with Crippen LogP contribution >= 0.6 is 33.9 Å². The summed E-state index contributed by atoms with van der Waals surface area (Å²) in [5, 5.41) is 4.30. The summed E-state index contributed by atoms with van der Waals surface area (Å²) in [4.78, 5) is 11.9. The van der Waals surface area contributed by atoms with Crippen LogP contribution in [-0.4, -0.2) is 5.91 Å². The Balaban J connectivity index is 2.17. The van der Waals surface area contributed by atoms with Crippen molar-refractivity contribution >= 4 is 39.8 Å². The second kappa shape index (κ2) is 5.96. The number of carbonyl (C=O) groups excluding carboxylic acids is 1. The van der Waals surface area contributed by atoms with Gasteiger partial charge < -0.3 is 5.32 Å². The quantitative estimate of drug-likeness (QED) is 0.782. The van der Waals surface area contributed by atoms with Gasteiger partial charge in [-0.25, -0.2) is 8.78 Å². The van der Waals surface area contributed by atoms with Gasteiger partial charge in [-0.05, 0) is 47.7 Å². The standard InChI is InChI=1S/C13H10F2INOS/c1-7(12-9(14)3-2-4-10(12)15)17-13(18)8-5-11(16)19-6-8/h2-7H,1H3,(H,17,18). The van der Waals surface area contributed by atoms with E-state index in [0.29, 0.717) is 5.56 Å². The summed E-state index contributed by atoms with van der Waals surface area (Å²) in [7, 11) is 0. The lowest BCUT2D eigenvalue weighted by atomic mass is 10.1. The van der Waals surface area contributed by atoms with E-state index in [9.17, 15) is 13.6 Å². The number of hydrogen-bond donors (Lipinski definition) is 1. The molecule has 0 spiro atoms. The van der Waals surface area contributed by atoms with Crippen LogP contribution in [0.3, 0.4) is 0 Å². The van der Waals surface area contributed by atoms with Gasteiger partial charge in [0.05, 0.1) is 14.5 Å². The minimum atomic E-state index is -0.730. The Labute approximate surface area is 127 Å². The van der Waals surface area contributed by atoms with Gasteiger partial charge in [0.2, 0.25) is 0 Å². The topological polar surface area (TPSA) is 29.1 Å². The molecule has 2 aromatic rings. The normalized spacial score (nSPS) is 12.2. The van der Waals surface area contributed by atoms with E-state index in [-0.39, 0.29) is 11.5 Å². The smallest absolute Gasteiger partial charge is 0.252 e. The number of thiophene rings is 1. The van der Waals surface area contributed by atoms with E-state index in [4.69, 9.17) is 0 Å². The van der Waals surface area contributed by atoms with Crippen LogP contribution < -0.4 is 5.32 Å². The molecule has 19 heavy (non-hydrogen) atoms. The molecule has 0 saturated carbocycles. The van der Waals surface area contributed by atoms with Crippen LogP contribution in [0.15, 0.2) is 29.6 Å². The summed E-state index contributed by atoms with van der Waals surface area (Å²) in [6.45, 7) is 1.55. The van der Waals surface area contributed by atoms with Crippen molar-refractivity contribution in [2.45, 2.75) is 13.0 Å². The second-order valence-corrected chi connectivity index (χ2v) is 6.78. The molecule has 1 unspecified atom stereocenters. The SMILES string of the molecule is CC(NC(=O)c1csc(I)c1)c1c(F)cccc1F. The van der Waals surface area contributed by atoms with Crippen molar-refractivity contribution in [2.24, 2.45) is 0 Å². The molecule has 0 aliphatic carbocycles. The molecular formula is C13H10F2INOS. The van der Waals surface area contributed by atoms with E-state index in [1.165, 1.54) is 29.5 Å². The van der Waals surface area contributed by atoms with Crippen LogP contribution in [0.25, 0.3) is 0 Å².